The fourth-order valence-corrected chi connectivity index (χ4v) is 6.64. The molecule has 5 aliphatic carbocycles. The maximum absolute atomic E-state index is 12.8. The summed E-state index contributed by atoms with van der Waals surface area (Å²) in [5, 5.41) is 0. The topological polar surface area (TPSA) is 52.6 Å². The summed E-state index contributed by atoms with van der Waals surface area (Å²) in [6.45, 7) is 2.10. The molecule has 0 heterocycles. The van der Waals surface area contributed by atoms with E-state index in [1.807, 2.05) is 0 Å². The molecule has 27 heavy (non-hydrogen) atoms. The Morgan fingerprint density at radius 2 is 1.81 bits per heavy atom. The number of esters is 2. The van der Waals surface area contributed by atoms with Crippen LogP contribution < -0.4 is 0 Å². The monoisotopic (exact) mass is 372 g/mol. The SMILES string of the molecule is CC1(OC(=O)C2CC3CC2CC3OC(=O)C23C=CC(CC2)C3)CCCCC1. The van der Waals surface area contributed by atoms with Gasteiger partial charge in [-0.2, -0.15) is 0 Å². The van der Waals surface area contributed by atoms with Crippen LogP contribution in [-0.2, 0) is 19.1 Å². The average Bonchev–Trinajstić information content (AvgIpc) is 3.42. The zero-order valence-corrected chi connectivity index (χ0v) is 16.5. The van der Waals surface area contributed by atoms with Crippen LogP contribution in [0.5, 0.6) is 0 Å². The first-order chi connectivity index (χ1) is 13.0. The molecule has 4 saturated carbocycles. The van der Waals surface area contributed by atoms with E-state index < -0.39 is 0 Å². The fourth-order valence-electron chi connectivity index (χ4n) is 6.64. The number of ether oxygens (including phenoxy) is 2. The zero-order valence-electron chi connectivity index (χ0n) is 16.5. The van der Waals surface area contributed by atoms with E-state index in [1.54, 1.807) is 0 Å². The lowest BCUT2D eigenvalue weighted by atomic mass is 9.84. The van der Waals surface area contributed by atoms with Crippen molar-refractivity contribution in [1.82, 2.24) is 0 Å². The molecule has 0 aromatic carbocycles. The smallest absolute Gasteiger partial charge is 0.316 e. The van der Waals surface area contributed by atoms with E-state index in [2.05, 4.69) is 19.1 Å². The summed E-state index contributed by atoms with van der Waals surface area (Å²) < 4.78 is 12.0. The molecule has 4 heteroatoms. The normalized spacial score (nSPS) is 43.8. The molecule has 4 nitrogen and oxygen atoms in total. The third kappa shape index (κ3) is 3.03. The summed E-state index contributed by atoms with van der Waals surface area (Å²) in [7, 11) is 0. The highest BCUT2D eigenvalue weighted by Crippen LogP contribution is 2.53. The van der Waals surface area contributed by atoms with Crippen molar-refractivity contribution in [3.8, 4) is 0 Å². The van der Waals surface area contributed by atoms with E-state index in [0.29, 0.717) is 17.8 Å². The van der Waals surface area contributed by atoms with Gasteiger partial charge >= 0.3 is 11.9 Å². The molecule has 4 fully saturated rings. The highest BCUT2D eigenvalue weighted by atomic mass is 16.6. The largest absolute Gasteiger partial charge is 0.461 e. The lowest BCUT2D eigenvalue weighted by molar-refractivity contribution is -0.170. The minimum absolute atomic E-state index is 0.00707. The third-order valence-electron chi connectivity index (χ3n) is 8.29. The first-order valence-corrected chi connectivity index (χ1v) is 11.1. The maximum Gasteiger partial charge on any atom is 0.316 e. The molecule has 0 radical (unpaired) electrons. The van der Waals surface area contributed by atoms with E-state index in [1.165, 1.54) is 6.42 Å². The van der Waals surface area contributed by atoms with Crippen LogP contribution >= 0.6 is 0 Å². The summed E-state index contributed by atoms with van der Waals surface area (Å²) >= 11 is 0. The van der Waals surface area contributed by atoms with Crippen molar-refractivity contribution in [2.75, 3.05) is 0 Å². The van der Waals surface area contributed by atoms with Gasteiger partial charge in [0.2, 0.25) is 0 Å². The van der Waals surface area contributed by atoms with Gasteiger partial charge in [0, 0.05) is 0 Å². The van der Waals surface area contributed by atoms with E-state index in [9.17, 15) is 9.59 Å². The van der Waals surface area contributed by atoms with Crippen LogP contribution in [0.25, 0.3) is 0 Å². The highest BCUT2D eigenvalue weighted by Gasteiger charge is 2.54. The van der Waals surface area contributed by atoms with E-state index >= 15 is 0 Å². The van der Waals surface area contributed by atoms with Gasteiger partial charge < -0.3 is 9.47 Å². The van der Waals surface area contributed by atoms with Crippen LogP contribution in [0.15, 0.2) is 12.2 Å². The van der Waals surface area contributed by atoms with Crippen molar-refractivity contribution in [3.63, 3.8) is 0 Å². The number of carbonyl (C=O) groups excluding carboxylic acids is 2. The number of hydrogen-bond donors (Lipinski definition) is 0. The van der Waals surface area contributed by atoms with Crippen LogP contribution in [0, 0.1) is 29.1 Å². The van der Waals surface area contributed by atoms with Gasteiger partial charge in [-0.1, -0.05) is 18.6 Å². The molecular weight excluding hydrogens is 340 g/mol. The molecule has 0 aliphatic heterocycles. The molecule has 0 amide bonds. The first kappa shape index (κ1) is 17.8. The van der Waals surface area contributed by atoms with Crippen LogP contribution in [-0.4, -0.2) is 23.6 Å². The Hall–Kier alpha value is -1.32. The first-order valence-electron chi connectivity index (χ1n) is 11.1. The number of rotatable bonds is 4. The number of hydrogen-bond acceptors (Lipinski definition) is 4. The second-order valence-corrected chi connectivity index (χ2v) is 10.2. The molecule has 6 unspecified atom stereocenters. The molecular formula is C23H32O4. The lowest BCUT2D eigenvalue weighted by Gasteiger charge is -2.36. The Morgan fingerprint density at radius 3 is 2.41 bits per heavy atom. The maximum atomic E-state index is 12.8. The number of carbonyl (C=O) groups is 2. The van der Waals surface area contributed by atoms with Crippen molar-refractivity contribution in [3.05, 3.63) is 12.2 Å². The molecule has 148 valence electrons. The third-order valence-corrected chi connectivity index (χ3v) is 8.29. The second kappa shape index (κ2) is 6.35. The summed E-state index contributed by atoms with van der Waals surface area (Å²) in [6, 6.07) is 0. The molecule has 5 aliphatic rings. The van der Waals surface area contributed by atoms with Crippen molar-refractivity contribution in [2.24, 2.45) is 29.1 Å². The van der Waals surface area contributed by atoms with Gasteiger partial charge in [0.25, 0.3) is 0 Å². The molecule has 0 saturated heterocycles. The Morgan fingerprint density at radius 1 is 1.00 bits per heavy atom. The minimum Gasteiger partial charge on any atom is -0.461 e. The van der Waals surface area contributed by atoms with Crippen LogP contribution in [0.4, 0.5) is 0 Å². The molecule has 0 aromatic heterocycles. The average molecular weight is 373 g/mol. The summed E-state index contributed by atoms with van der Waals surface area (Å²) in [6.07, 6.45) is 15.6. The summed E-state index contributed by atoms with van der Waals surface area (Å²) in [4.78, 5) is 25.6. The molecule has 0 aromatic rings. The zero-order chi connectivity index (χ0) is 18.6. The van der Waals surface area contributed by atoms with Crippen LogP contribution in [0.1, 0.15) is 77.6 Å². The molecule has 0 spiro atoms. The van der Waals surface area contributed by atoms with Crippen molar-refractivity contribution < 1.29 is 19.1 Å². The van der Waals surface area contributed by atoms with Gasteiger partial charge in [0.1, 0.15) is 11.7 Å². The second-order valence-electron chi connectivity index (χ2n) is 10.2. The van der Waals surface area contributed by atoms with E-state index in [-0.39, 0.29) is 35.0 Å². The standard InChI is InChI=1S/C23H32O4/c1-22(7-3-2-4-8-22)27-20(24)18-12-17-11-16(18)13-19(17)26-21(25)23-9-5-15(14-23)6-10-23/h5,9,15-19H,2-4,6-8,10-14H2,1H3. The Kier molecular flexibility index (Phi) is 4.18. The predicted octanol–water partition coefficient (Wildman–Crippen LogP) is 4.57. The lowest BCUT2D eigenvalue weighted by Crippen LogP contribution is -2.39. The summed E-state index contributed by atoms with van der Waals surface area (Å²) in [5.41, 5.74) is -0.587. The van der Waals surface area contributed by atoms with Crippen molar-refractivity contribution in [2.45, 2.75) is 89.3 Å². The van der Waals surface area contributed by atoms with Gasteiger partial charge in [-0.3, -0.25) is 9.59 Å². The Labute approximate surface area is 162 Å². The minimum atomic E-state index is -0.333. The molecule has 6 atom stereocenters. The van der Waals surface area contributed by atoms with Crippen molar-refractivity contribution >= 4 is 11.9 Å². The van der Waals surface area contributed by atoms with Crippen molar-refractivity contribution in [1.29, 1.82) is 0 Å². The molecule has 0 N–H and O–H groups in total. The number of fused-ring (bicyclic) bond motifs is 4. The van der Waals surface area contributed by atoms with Crippen LogP contribution in [0.3, 0.4) is 0 Å². The number of allylic oxidation sites excluding steroid dienone is 1. The molecule has 5 rings (SSSR count). The fraction of sp³-hybridized carbons (Fsp3) is 0.826. The summed E-state index contributed by atoms with van der Waals surface area (Å²) in [5.74, 6) is 1.27. The van der Waals surface area contributed by atoms with Crippen LogP contribution in [0.2, 0.25) is 0 Å². The Balaban J connectivity index is 1.17. The van der Waals surface area contributed by atoms with Gasteiger partial charge in [-0.15, -0.1) is 0 Å². The predicted molar refractivity (Wildman–Crippen MR) is 101 cm³/mol. The van der Waals surface area contributed by atoms with Gasteiger partial charge in [0.05, 0.1) is 11.3 Å². The van der Waals surface area contributed by atoms with Gasteiger partial charge in [0.15, 0.2) is 0 Å². The highest BCUT2D eigenvalue weighted by molar-refractivity contribution is 5.81. The Bertz CT molecular complexity index is 661. The van der Waals surface area contributed by atoms with E-state index in [0.717, 1.165) is 64.2 Å². The van der Waals surface area contributed by atoms with Gasteiger partial charge in [-0.05, 0) is 88.9 Å². The molecule has 4 bridgehead atoms. The van der Waals surface area contributed by atoms with E-state index in [4.69, 9.17) is 9.47 Å². The van der Waals surface area contributed by atoms with Gasteiger partial charge in [-0.25, -0.2) is 0 Å². The quantitative estimate of drug-likeness (QED) is 0.536.